The molecule has 0 aliphatic heterocycles. The van der Waals surface area contributed by atoms with E-state index in [0.29, 0.717) is 5.02 Å². The van der Waals surface area contributed by atoms with Gasteiger partial charge >= 0.3 is 0 Å². The van der Waals surface area contributed by atoms with Crippen molar-refractivity contribution in [3.8, 4) is 0 Å². The smallest absolute Gasteiger partial charge is 0.269 e. The van der Waals surface area contributed by atoms with Gasteiger partial charge < -0.3 is 9.88 Å². The van der Waals surface area contributed by atoms with Crippen LogP contribution in [0.25, 0.3) is 0 Å². The Hall–Kier alpha value is -1.00. The summed E-state index contributed by atoms with van der Waals surface area (Å²) in [4.78, 5) is 23.5. The lowest BCUT2D eigenvalue weighted by molar-refractivity contribution is -0.122. The molecular formula is C12H14Cl2N2O2. The summed E-state index contributed by atoms with van der Waals surface area (Å²) < 4.78 is 1.23. The van der Waals surface area contributed by atoms with Crippen LogP contribution in [0, 0.1) is 0 Å². The van der Waals surface area contributed by atoms with Crippen LogP contribution >= 0.6 is 23.2 Å². The van der Waals surface area contributed by atoms with E-state index >= 15 is 0 Å². The molecule has 1 aliphatic carbocycles. The second-order valence-electron chi connectivity index (χ2n) is 4.49. The molecule has 18 heavy (non-hydrogen) atoms. The molecule has 1 aromatic heterocycles. The number of halogens is 2. The topological polar surface area (TPSA) is 51.1 Å². The minimum atomic E-state index is -0.400. The van der Waals surface area contributed by atoms with Gasteiger partial charge in [-0.1, -0.05) is 36.0 Å². The summed E-state index contributed by atoms with van der Waals surface area (Å²) in [6.45, 7) is -0.0460. The summed E-state index contributed by atoms with van der Waals surface area (Å²) in [5.41, 5.74) is -0.400. The van der Waals surface area contributed by atoms with Crippen LogP contribution in [0.2, 0.25) is 10.0 Å². The molecule has 0 atom stereocenters. The molecule has 0 saturated heterocycles. The SMILES string of the molecule is O=C(Cn1cc(Cl)cc(Cl)c1=O)NC1CCCC1. The van der Waals surface area contributed by atoms with Crippen LogP contribution in [0.5, 0.6) is 0 Å². The lowest BCUT2D eigenvalue weighted by Gasteiger charge is -2.13. The van der Waals surface area contributed by atoms with Crippen LogP contribution in [-0.2, 0) is 11.3 Å². The van der Waals surface area contributed by atoms with Crippen molar-refractivity contribution >= 4 is 29.1 Å². The highest BCUT2D eigenvalue weighted by Crippen LogP contribution is 2.17. The van der Waals surface area contributed by atoms with Crippen LogP contribution in [0.3, 0.4) is 0 Å². The molecule has 2 rings (SSSR count). The molecule has 1 aliphatic rings. The molecule has 4 nitrogen and oxygen atoms in total. The van der Waals surface area contributed by atoms with E-state index in [1.807, 2.05) is 0 Å². The summed E-state index contributed by atoms with van der Waals surface area (Å²) in [7, 11) is 0. The first kappa shape index (κ1) is 13.4. The van der Waals surface area contributed by atoms with Gasteiger partial charge in [0.05, 0.1) is 5.02 Å². The van der Waals surface area contributed by atoms with E-state index in [2.05, 4.69) is 5.32 Å². The van der Waals surface area contributed by atoms with Crippen LogP contribution in [-0.4, -0.2) is 16.5 Å². The molecule has 1 N–H and O–H groups in total. The van der Waals surface area contributed by atoms with Crippen LogP contribution in [0.15, 0.2) is 17.1 Å². The molecule has 0 aromatic carbocycles. The molecule has 1 amide bonds. The Morgan fingerprint density at radius 1 is 1.39 bits per heavy atom. The van der Waals surface area contributed by atoms with Gasteiger partial charge in [0.2, 0.25) is 5.91 Å². The van der Waals surface area contributed by atoms with Crippen molar-refractivity contribution in [2.45, 2.75) is 38.3 Å². The van der Waals surface area contributed by atoms with Crippen LogP contribution < -0.4 is 10.9 Å². The first-order chi connectivity index (χ1) is 8.56. The fourth-order valence-corrected chi connectivity index (χ4v) is 2.69. The number of hydrogen-bond donors (Lipinski definition) is 1. The number of carbonyl (C=O) groups is 1. The Morgan fingerprint density at radius 3 is 2.72 bits per heavy atom. The van der Waals surface area contributed by atoms with Crippen molar-refractivity contribution in [1.82, 2.24) is 9.88 Å². The standard InChI is InChI=1S/C12H14Cl2N2O2/c13-8-5-10(14)12(18)16(6-8)7-11(17)15-9-3-1-2-4-9/h5-6,9H,1-4,7H2,(H,15,17). The number of aromatic nitrogens is 1. The highest BCUT2D eigenvalue weighted by atomic mass is 35.5. The average molecular weight is 289 g/mol. The van der Waals surface area contributed by atoms with E-state index in [9.17, 15) is 9.59 Å². The van der Waals surface area contributed by atoms with E-state index in [1.165, 1.54) is 16.8 Å². The Bertz CT molecular complexity index is 507. The molecular weight excluding hydrogens is 275 g/mol. The zero-order chi connectivity index (χ0) is 13.1. The van der Waals surface area contributed by atoms with Crippen molar-refractivity contribution in [1.29, 1.82) is 0 Å². The minimum Gasteiger partial charge on any atom is -0.352 e. The third kappa shape index (κ3) is 3.27. The van der Waals surface area contributed by atoms with E-state index in [4.69, 9.17) is 23.2 Å². The Balaban J connectivity index is 2.04. The molecule has 0 unspecified atom stereocenters. The van der Waals surface area contributed by atoms with Gasteiger partial charge in [-0.05, 0) is 18.9 Å². The molecule has 0 bridgehead atoms. The van der Waals surface area contributed by atoms with Crippen molar-refractivity contribution in [2.75, 3.05) is 0 Å². The predicted octanol–water partition coefficient (Wildman–Crippen LogP) is 2.21. The zero-order valence-corrected chi connectivity index (χ0v) is 11.3. The molecule has 1 aromatic rings. The third-order valence-electron chi connectivity index (χ3n) is 3.04. The average Bonchev–Trinajstić information content (AvgIpc) is 2.77. The van der Waals surface area contributed by atoms with Crippen molar-refractivity contribution < 1.29 is 4.79 Å². The molecule has 0 radical (unpaired) electrons. The van der Waals surface area contributed by atoms with E-state index in [1.54, 1.807) is 0 Å². The van der Waals surface area contributed by atoms with Crippen LogP contribution in [0.4, 0.5) is 0 Å². The predicted molar refractivity (Wildman–Crippen MR) is 71.1 cm³/mol. The third-order valence-corrected chi connectivity index (χ3v) is 3.52. The highest BCUT2D eigenvalue weighted by Gasteiger charge is 2.17. The summed E-state index contributed by atoms with van der Waals surface area (Å²) in [6.07, 6.45) is 5.74. The summed E-state index contributed by atoms with van der Waals surface area (Å²) in [6, 6.07) is 1.61. The molecule has 6 heteroatoms. The van der Waals surface area contributed by atoms with Crippen molar-refractivity contribution in [3.05, 3.63) is 32.7 Å². The fraction of sp³-hybridized carbons (Fsp3) is 0.500. The van der Waals surface area contributed by atoms with E-state index in [0.717, 1.165) is 25.7 Å². The summed E-state index contributed by atoms with van der Waals surface area (Å²) >= 11 is 11.5. The fourth-order valence-electron chi connectivity index (χ4n) is 2.18. The number of amides is 1. The maximum absolute atomic E-state index is 11.8. The van der Waals surface area contributed by atoms with Gasteiger partial charge in [-0.2, -0.15) is 0 Å². The van der Waals surface area contributed by atoms with Crippen molar-refractivity contribution in [2.24, 2.45) is 0 Å². The molecule has 98 valence electrons. The van der Waals surface area contributed by atoms with E-state index < -0.39 is 5.56 Å². The van der Waals surface area contributed by atoms with Gasteiger partial charge in [0.15, 0.2) is 0 Å². The Labute approximate surface area is 115 Å². The molecule has 1 fully saturated rings. The quantitative estimate of drug-likeness (QED) is 0.927. The first-order valence-electron chi connectivity index (χ1n) is 5.91. The maximum Gasteiger partial charge on any atom is 0.269 e. The lowest BCUT2D eigenvalue weighted by atomic mass is 10.2. The van der Waals surface area contributed by atoms with Gasteiger partial charge in [0, 0.05) is 12.2 Å². The maximum atomic E-state index is 11.8. The largest absolute Gasteiger partial charge is 0.352 e. The van der Waals surface area contributed by atoms with Gasteiger partial charge in [-0.25, -0.2) is 0 Å². The normalized spacial score (nSPS) is 15.9. The van der Waals surface area contributed by atoms with Crippen molar-refractivity contribution in [3.63, 3.8) is 0 Å². The molecule has 0 spiro atoms. The second kappa shape index (κ2) is 5.76. The number of carbonyl (C=O) groups excluding carboxylic acids is 1. The van der Waals surface area contributed by atoms with Crippen LogP contribution in [0.1, 0.15) is 25.7 Å². The minimum absolute atomic E-state index is 0.0242. The van der Waals surface area contributed by atoms with Gasteiger partial charge in [0.1, 0.15) is 11.6 Å². The van der Waals surface area contributed by atoms with E-state index in [-0.39, 0.29) is 23.5 Å². The van der Waals surface area contributed by atoms with Gasteiger partial charge in [0.25, 0.3) is 5.56 Å². The molecule has 1 heterocycles. The first-order valence-corrected chi connectivity index (χ1v) is 6.66. The number of pyridine rings is 1. The number of rotatable bonds is 3. The Morgan fingerprint density at radius 2 is 2.06 bits per heavy atom. The zero-order valence-electron chi connectivity index (χ0n) is 9.79. The summed E-state index contributed by atoms with van der Waals surface area (Å²) in [5, 5.41) is 3.27. The second-order valence-corrected chi connectivity index (χ2v) is 5.33. The Kier molecular flexibility index (Phi) is 4.30. The monoisotopic (exact) mass is 288 g/mol. The lowest BCUT2D eigenvalue weighted by Crippen LogP contribution is -2.37. The van der Waals surface area contributed by atoms with Gasteiger partial charge in [-0.15, -0.1) is 0 Å². The summed E-state index contributed by atoms with van der Waals surface area (Å²) in [5.74, 6) is -0.178. The number of hydrogen-bond acceptors (Lipinski definition) is 2. The number of nitrogens with one attached hydrogen (secondary N) is 1. The molecule has 1 saturated carbocycles. The highest BCUT2D eigenvalue weighted by molar-refractivity contribution is 6.34. The number of nitrogens with zero attached hydrogens (tertiary/aromatic N) is 1. The van der Waals surface area contributed by atoms with Gasteiger partial charge in [-0.3, -0.25) is 9.59 Å².